The zero-order valence-corrected chi connectivity index (χ0v) is 14.4. The van der Waals surface area contributed by atoms with Crippen molar-refractivity contribution < 1.29 is 4.74 Å². The summed E-state index contributed by atoms with van der Waals surface area (Å²) in [5.74, 6) is 1.67. The van der Waals surface area contributed by atoms with Gasteiger partial charge in [-0.25, -0.2) is 4.98 Å². The van der Waals surface area contributed by atoms with Crippen LogP contribution in [0, 0.1) is 0 Å². The minimum Gasteiger partial charge on any atom is -0.379 e. The minimum absolute atomic E-state index is 0.236. The second kappa shape index (κ2) is 7.45. The van der Waals surface area contributed by atoms with E-state index in [4.69, 9.17) is 4.74 Å². The molecule has 0 aromatic carbocycles. The molecule has 1 aromatic rings. The Hall–Kier alpha value is -1.40. The monoisotopic (exact) mass is 319 g/mol. The zero-order chi connectivity index (χ0) is 16.1. The molecule has 0 spiro atoms. The second-order valence-corrected chi connectivity index (χ2v) is 6.87. The van der Waals surface area contributed by atoms with Gasteiger partial charge in [0.2, 0.25) is 5.95 Å². The summed E-state index contributed by atoms with van der Waals surface area (Å²) in [4.78, 5) is 13.6. The summed E-state index contributed by atoms with van der Waals surface area (Å²) >= 11 is 0. The van der Waals surface area contributed by atoms with Crippen LogP contribution in [-0.4, -0.2) is 67.4 Å². The molecule has 128 valence electrons. The van der Waals surface area contributed by atoms with E-state index in [2.05, 4.69) is 20.2 Å². The SMILES string of the molecule is CN(C)c1ccnc(NCC2(N3CCOCC3)CCCCC2)n1. The van der Waals surface area contributed by atoms with E-state index in [1.807, 2.05) is 31.3 Å². The summed E-state index contributed by atoms with van der Waals surface area (Å²) < 4.78 is 5.55. The Morgan fingerprint density at radius 2 is 1.96 bits per heavy atom. The summed E-state index contributed by atoms with van der Waals surface area (Å²) in [6.07, 6.45) is 8.33. The van der Waals surface area contributed by atoms with E-state index in [1.165, 1.54) is 32.1 Å². The van der Waals surface area contributed by atoms with Crippen LogP contribution < -0.4 is 10.2 Å². The van der Waals surface area contributed by atoms with Crippen LogP contribution in [0.15, 0.2) is 12.3 Å². The molecule has 0 amide bonds. The fourth-order valence-corrected chi connectivity index (χ4v) is 3.78. The topological polar surface area (TPSA) is 53.5 Å². The normalized spacial score (nSPS) is 21.8. The van der Waals surface area contributed by atoms with Crippen molar-refractivity contribution in [2.24, 2.45) is 0 Å². The summed E-state index contributed by atoms with van der Waals surface area (Å²) in [5, 5.41) is 3.52. The van der Waals surface area contributed by atoms with Crippen molar-refractivity contribution in [2.45, 2.75) is 37.6 Å². The summed E-state index contributed by atoms with van der Waals surface area (Å²) in [5.41, 5.74) is 0.236. The van der Waals surface area contributed by atoms with Crippen molar-refractivity contribution in [3.8, 4) is 0 Å². The van der Waals surface area contributed by atoms with Gasteiger partial charge in [-0.1, -0.05) is 19.3 Å². The number of rotatable bonds is 5. The predicted octanol–water partition coefficient (Wildman–Crippen LogP) is 1.99. The van der Waals surface area contributed by atoms with Crippen LogP contribution in [0.4, 0.5) is 11.8 Å². The molecular formula is C17H29N5O. The molecule has 0 atom stereocenters. The number of morpholine rings is 1. The van der Waals surface area contributed by atoms with Gasteiger partial charge in [-0.3, -0.25) is 4.90 Å². The molecule has 6 heteroatoms. The maximum atomic E-state index is 5.55. The summed E-state index contributed by atoms with van der Waals surface area (Å²) in [6.45, 7) is 4.72. The van der Waals surface area contributed by atoms with Gasteiger partial charge in [0.1, 0.15) is 5.82 Å². The van der Waals surface area contributed by atoms with Crippen LogP contribution >= 0.6 is 0 Å². The third-order valence-corrected chi connectivity index (χ3v) is 5.14. The van der Waals surface area contributed by atoms with Gasteiger partial charge in [0.25, 0.3) is 0 Å². The van der Waals surface area contributed by atoms with E-state index in [1.54, 1.807) is 0 Å². The minimum atomic E-state index is 0.236. The second-order valence-electron chi connectivity index (χ2n) is 6.87. The average Bonchev–Trinajstić information content (AvgIpc) is 2.62. The van der Waals surface area contributed by atoms with Crippen molar-refractivity contribution in [1.29, 1.82) is 0 Å². The quantitative estimate of drug-likeness (QED) is 0.896. The molecule has 0 bridgehead atoms. The molecule has 2 fully saturated rings. The molecule has 1 saturated heterocycles. The maximum absolute atomic E-state index is 5.55. The van der Waals surface area contributed by atoms with E-state index in [0.29, 0.717) is 0 Å². The molecule has 6 nitrogen and oxygen atoms in total. The van der Waals surface area contributed by atoms with E-state index in [-0.39, 0.29) is 5.54 Å². The van der Waals surface area contributed by atoms with Crippen molar-refractivity contribution >= 4 is 11.8 Å². The highest BCUT2D eigenvalue weighted by Gasteiger charge is 2.38. The molecule has 1 aromatic heterocycles. The van der Waals surface area contributed by atoms with Crippen LogP contribution in [0.5, 0.6) is 0 Å². The van der Waals surface area contributed by atoms with Crippen molar-refractivity contribution in [3.05, 3.63) is 12.3 Å². The lowest BCUT2D eigenvalue weighted by Crippen LogP contribution is -2.58. The van der Waals surface area contributed by atoms with Gasteiger partial charge in [0.15, 0.2) is 0 Å². The number of aromatic nitrogens is 2. The number of hydrogen-bond donors (Lipinski definition) is 1. The van der Waals surface area contributed by atoms with Crippen LogP contribution in [-0.2, 0) is 4.74 Å². The summed E-state index contributed by atoms with van der Waals surface area (Å²) in [7, 11) is 4.00. The number of ether oxygens (including phenoxy) is 1. The van der Waals surface area contributed by atoms with Gasteiger partial charge < -0.3 is 15.0 Å². The lowest BCUT2D eigenvalue weighted by molar-refractivity contribution is -0.0319. The Morgan fingerprint density at radius 1 is 1.22 bits per heavy atom. The first kappa shape index (κ1) is 16.5. The van der Waals surface area contributed by atoms with Gasteiger partial charge in [-0.2, -0.15) is 4.98 Å². The fraction of sp³-hybridized carbons (Fsp3) is 0.765. The Morgan fingerprint density at radius 3 is 2.65 bits per heavy atom. The van der Waals surface area contributed by atoms with Crippen LogP contribution in [0.2, 0.25) is 0 Å². The van der Waals surface area contributed by atoms with E-state index < -0.39 is 0 Å². The molecule has 2 heterocycles. The first-order chi connectivity index (χ1) is 11.2. The Bertz CT molecular complexity index is 496. The standard InChI is InChI=1S/C17H29N5O/c1-21(2)15-6-9-18-16(20-15)19-14-17(7-4-3-5-8-17)22-10-12-23-13-11-22/h6,9H,3-5,7-8,10-14H2,1-2H3,(H,18,19,20). The number of anilines is 2. The van der Waals surface area contributed by atoms with Gasteiger partial charge in [0, 0.05) is 45.5 Å². The van der Waals surface area contributed by atoms with Crippen molar-refractivity contribution in [2.75, 3.05) is 57.2 Å². The maximum Gasteiger partial charge on any atom is 0.224 e. The Labute approximate surface area is 139 Å². The van der Waals surface area contributed by atoms with Crippen LogP contribution in [0.1, 0.15) is 32.1 Å². The zero-order valence-electron chi connectivity index (χ0n) is 14.4. The van der Waals surface area contributed by atoms with E-state index in [9.17, 15) is 0 Å². The van der Waals surface area contributed by atoms with Gasteiger partial charge in [0.05, 0.1) is 13.2 Å². The summed E-state index contributed by atoms with van der Waals surface area (Å²) in [6, 6.07) is 1.93. The first-order valence-electron chi connectivity index (χ1n) is 8.77. The van der Waals surface area contributed by atoms with Crippen molar-refractivity contribution in [1.82, 2.24) is 14.9 Å². The Kier molecular flexibility index (Phi) is 5.33. The number of nitrogens with one attached hydrogen (secondary N) is 1. The predicted molar refractivity (Wildman–Crippen MR) is 93.1 cm³/mol. The van der Waals surface area contributed by atoms with Gasteiger partial charge >= 0.3 is 0 Å². The molecule has 1 aliphatic heterocycles. The van der Waals surface area contributed by atoms with Crippen LogP contribution in [0.25, 0.3) is 0 Å². The van der Waals surface area contributed by atoms with E-state index in [0.717, 1.165) is 44.6 Å². The highest BCUT2D eigenvalue weighted by molar-refractivity contribution is 5.41. The highest BCUT2D eigenvalue weighted by Crippen LogP contribution is 2.34. The Balaban J connectivity index is 1.70. The molecule has 1 N–H and O–H groups in total. The molecule has 0 unspecified atom stereocenters. The van der Waals surface area contributed by atoms with Crippen molar-refractivity contribution in [3.63, 3.8) is 0 Å². The smallest absolute Gasteiger partial charge is 0.224 e. The molecule has 0 radical (unpaired) electrons. The molecule has 2 aliphatic rings. The first-order valence-corrected chi connectivity index (χ1v) is 8.77. The van der Waals surface area contributed by atoms with Gasteiger partial charge in [-0.15, -0.1) is 0 Å². The lowest BCUT2D eigenvalue weighted by Gasteiger charge is -2.48. The van der Waals surface area contributed by atoms with E-state index >= 15 is 0 Å². The lowest BCUT2D eigenvalue weighted by atomic mass is 9.80. The highest BCUT2D eigenvalue weighted by atomic mass is 16.5. The molecule has 3 rings (SSSR count). The number of hydrogen-bond acceptors (Lipinski definition) is 6. The van der Waals surface area contributed by atoms with Crippen LogP contribution in [0.3, 0.4) is 0 Å². The molecule has 1 saturated carbocycles. The third-order valence-electron chi connectivity index (χ3n) is 5.14. The average molecular weight is 319 g/mol. The fourth-order valence-electron chi connectivity index (χ4n) is 3.78. The molecular weight excluding hydrogens is 290 g/mol. The molecule has 1 aliphatic carbocycles. The third kappa shape index (κ3) is 3.93. The van der Waals surface area contributed by atoms with Gasteiger partial charge in [-0.05, 0) is 18.9 Å². The molecule has 23 heavy (non-hydrogen) atoms. The number of nitrogens with zero attached hydrogens (tertiary/aromatic N) is 4. The largest absolute Gasteiger partial charge is 0.379 e.